The predicted molar refractivity (Wildman–Crippen MR) is 76.1 cm³/mol. The Balaban J connectivity index is 2.34. The number of nitrogens with one attached hydrogen (secondary N) is 1. The van der Waals surface area contributed by atoms with E-state index in [0.717, 1.165) is 16.7 Å². The minimum Gasteiger partial charge on any atom is -0.480 e. The summed E-state index contributed by atoms with van der Waals surface area (Å²) in [7, 11) is 1.67. The van der Waals surface area contributed by atoms with Crippen molar-refractivity contribution in [3.8, 4) is 11.1 Å². The van der Waals surface area contributed by atoms with Gasteiger partial charge >= 0.3 is 5.97 Å². The van der Waals surface area contributed by atoms with E-state index in [4.69, 9.17) is 5.11 Å². The number of carbonyl (C=O) groups is 1. The molecule has 98 valence electrons. The Kier molecular flexibility index (Phi) is 4.31. The summed E-state index contributed by atoms with van der Waals surface area (Å²) in [6.07, 6.45) is 0.469. The monoisotopic (exact) mass is 255 g/mol. The van der Waals surface area contributed by atoms with Crippen molar-refractivity contribution >= 4 is 5.97 Å². The fourth-order valence-corrected chi connectivity index (χ4v) is 2.13. The van der Waals surface area contributed by atoms with Gasteiger partial charge in [-0.05, 0) is 30.2 Å². The summed E-state index contributed by atoms with van der Waals surface area (Å²) in [4.78, 5) is 11.1. The minimum atomic E-state index is -0.828. The van der Waals surface area contributed by atoms with Crippen molar-refractivity contribution in [2.75, 3.05) is 7.05 Å². The topological polar surface area (TPSA) is 49.3 Å². The van der Waals surface area contributed by atoms with Gasteiger partial charge in [0.25, 0.3) is 0 Å². The second kappa shape index (κ2) is 6.16. The number of carboxylic acids is 1. The highest BCUT2D eigenvalue weighted by atomic mass is 16.4. The molecule has 0 amide bonds. The van der Waals surface area contributed by atoms with Crippen LogP contribution in [-0.4, -0.2) is 24.2 Å². The van der Waals surface area contributed by atoms with Crippen LogP contribution in [0.15, 0.2) is 54.6 Å². The van der Waals surface area contributed by atoms with E-state index in [-0.39, 0.29) is 0 Å². The van der Waals surface area contributed by atoms with Gasteiger partial charge in [-0.25, -0.2) is 0 Å². The van der Waals surface area contributed by atoms with Gasteiger partial charge < -0.3 is 10.4 Å². The van der Waals surface area contributed by atoms with Gasteiger partial charge in [-0.15, -0.1) is 0 Å². The Morgan fingerprint density at radius 1 is 1.11 bits per heavy atom. The second-order valence-corrected chi connectivity index (χ2v) is 4.41. The van der Waals surface area contributed by atoms with E-state index in [1.165, 1.54) is 0 Å². The van der Waals surface area contributed by atoms with Crippen molar-refractivity contribution in [2.24, 2.45) is 0 Å². The molecule has 2 rings (SSSR count). The highest BCUT2D eigenvalue weighted by Gasteiger charge is 2.17. The van der Waals surface area contributed by atoms with Crippen LogP contribution < -0.4 is 5.32 Å². The smallest absolute Gasteiger partial charge is 0.321 e. The molecule has 2 N–H and O–H groups in total. The summed E-state index contributed by atoms with van der Waals surface area (Å²) in [5, 5.41) is 12.0. The molecule has 0 aliphatic carbocycles. The average Bonchev–Trinajstić information content (AvgIpc) is 2.45. The van der Waals surface area contributed by atoms with E-state index in [2.05, 4.69) is 5.32 Å². The van der Waals surface area contributed by atoms with Crippen molar-refractivity contribution in [3.63, 3.8) is 0 Å². The quantitative estimate of drug-likeness (QED) is 0.863. The molecule has 0 aliphatic heterocycles. The van der Waals surface area contributed by atoms with Crippen LogP contribution in [0.2, 0.25) is 0 Å². The third kappa shape index (κ3) is 3.20. The lowest BCUT2D eigenvalue weighted by Gasteiger charge is -2.14. The molecule has 0 spiro atoms. The molecule has 0 aromatic heterocycles. The minimum absolute atomic E-state index is 0.469. The number of aliphatic carboxylic acids is 1. The normalized spacial score (nSPS) is 12.1. The number of carboxylic acid groups (broad SMARTS) is 1. The Bertz CT molecular complexity index is 552. The third-order valence-corrected chi connectivity index (χ3v) is 3.17. The van der Waals surface area contributed by atoms with Crippen molar-refractivity contribution < 1.29 is 9.90 Å². The molecule has 0 aliphatic rings. The van der Waals surface area contributed by atoms with E-state index in [9.17, 15) is 4.79 Å². The van der Waals surface area contributed by atoms with Crippen molar-refractivity contribution in [3.05, 3.63) is 60.2 Å². The van der Waals surface area contributed by atoms with Crippen LogP contribution in [0.1, 0.15) is 5.56 Å². The van der Waals surface area contributed by atoms with E-state index in [1.54, 1.807) is 7.05 Å². The zero-order valence-electron chi connectivity index (χ0n) is 10.8. The molecule has 2 aromatic rings. The van der Waals surface area contributed by atoms with Crippen molar-refractivity contribution in [2.45, 2.75) is 12.5 Å². The van der Waals surface area contributed by atoms with Crippen molar-refractivity contribution in [1.82, 2.24) is 5.32 Å². The van der Waals surface area contributed by atoms with Crippen LogP contribution in [0.5, 0.6) is 0 Å². The second-order valence-electron chi connectivity index (χ2n) is 4.41. The largest absolute Gasteiger partial charge is 0.480 e. The van der Waals surface area contributed by atoms with Crippen LogP contribution in [0, 0.1) is 0 Å². The van der Waals surface area contributed by atoms with Gasteiger partial charge in [0.15, 0.2) is 0 Å². The Hall–Kier alpha value is -2.13. The van der Waals surface area contributed by atoms with Gasteiger partial charge in [-0.2, -0.15) is 0 Å². The first-order chi connectivity index (χ1) is 9.22. The van der Waals surface area contributed by atoms with Crippen molar-refractivity contribution in [1.29, 1.82) is 0 Å². The molecule has 3 heteroatoms. The van der Waals surface area contributed by atoms with Crippen LogP contribution in [0.4, 0.5) is 0 Å². The predicted octanol–water partition coefficient (Wildman–Crippen LogP) is 2.57. The molecule has 0 bridgehead atoms. The van der Waals surface area contributed by atoms with E-state index in [0.29, 0.717) is 6.42 Å². The number of benzene rings is 2. The highest BCUT2D eigenvalue weighted by Crippen LogP contribution is 2.24. The Morgan fingerprint density at radius 3 is 2.37 bits per heavy atom. The Labute approximate surface area is 112 Å². The molecule has 2 aromatic carbocycles. The van der Waals surface area contributed by atoms with E-state index >= 15 is 0 Å². The summed E-state index contributed by atoms with van der Waals surface area (Å²) in [6.45, 7) is 0. The molecule has 0 unspecified atom stereocenters. The molecule has 0 heterocycles. The molecule has 0 fully saturated rings. The fraction of sp³-hybridized carbons (Fsp3) is 0.188. The molecule has 0 saturated heterocycles. The highest BCUT2D eigenvalue weighted by molar-refractivity contribution is 5.75. The summed E-state index contributed by atoms with van der Waals surface area (Å²) < 4.78 is 0. The zero-order chi connectivity index (χ0) is 13.7. The SMILES string of the molecule is CN[C@@H](Cc1ccccc1-c1ccccc1)C(=O)O. The first-order valence-electron chi connectivity index (χ1n) is 6.25. The molecule has 0 radical (unpaired) electrons. The lowest BCUT2D eigenvalue weighted by Crippen LogP contribution is -2.35. The fourth-order valence-electron chi connectivity index (χ4n) is 2.13. The molecule has 3 nitrogen and oxygen atoms in total. The lowest BCUT2D eigenvalue weighted by atomic mass is 9.95. The number of hydrogen-bond donors (Lipinski definition) is 2. The molecular formula is C16H17NO2. The number of rotatable bonds is 5. The third-order valence-electron chi connectivity index (χ3n) is 3.17. The van der Waals surface area contributed by atoms with Gasteiger partial charge in [-0.1, -0.05) is 54.6 Å². The van der Waals surface area contributed by atoms with Gasteiger partial charge in [-0.3, -0.25) is 4.79 Å². The molecule has 1 atom stereocenters. The Morgan fingerprint density at radius 2 is 1.74 bits per heavy atom. The first-order valence-corrected chi connectivity index (χ1v) is 6.25. The van der Waals surface area contributed by atoms with Gasteiger partial charge in [0.1, 0.15) is 6.04 Å². The maximum atomic E-state index is 11.1. The van der Waals surface area contributed by atoms with Crippen LogP contribution in [0.25, 0.3) is 11.1 Å². The van der Waals surface area contributed by atoms with Crippen LogP contribution >= 0.6 is 0 Å². The number of likely N-dealkylation sites (N-methyl/N-ethyl adjacent to an activating group) is 1. The maximum Gasteiger partial charge on any atom is 0.321 e. The standard InChI is InChI=1S/C16H17NO2/c1-17-15(16(18)19)11-13-9-5-6-10-14(13)12-7-3-2-4-8-12/h2-10,15,17H,11H2,1H3,(H,18,19)/t15-/m0/s1. The zero-order valence-corrected chi connectivity index (χ0v) is 10.8. The van der Waals surface area contributed by atoms with Gasteiger partial charge in [0, 0.05) is 0 Å². The summed E-state index contributed by atoms with van der Waals surface area (Å²) >= 11 is 0. The molecule has 0 saturated carbocycles. The lowest BCUT2D eigenvalue weighted by molar-refractivity contribution is -0.139. The molecular weight excluding hydrogens is 238 g/mol. The average molecular weight is 255 g/mol. The van der Waals surface area contributed by atoms with E-state index < -0.39 is 12.0 Å². The summed E-state index contributed by atoms with van der Waals surface area (Å²) in [5.41, 5.74) is 3.23. The number of hydrogen-bond acceptors (Lipinski definition) is 2. The summed E-state index contributed by atoms with van der Waals surface area (Å²) in [6, 6.07) is 17.4. The van der Waals surface area contributed by atoms with Gasteiger partial charge in [0.2, 0.25) is 0 Å². The summed E-state index contributed by atoms with van der Waals surface area (Å²) in [5.74, 6) is -0.828. The van der Waals surface area contributed by atoms with E-state index in [1.807, 2.05) is 54.6 Å². The van der Waals surface area contributed by atoms with Crippen LogP contribution in [0.3, 0.4) is 0 Å². The molecule has 19 heavy (non-hydrogen) atoms. The first kappa shape index (κ1) is 13.3. The maximum absolute atomic E-state index is 11.1. The van der Waals surface area contributed by atoms with Crippen LogP contribution in [-0.2, 0) is 11.2 Å². The van der Waals surface area contributed by atoms with Gasteiger partial charge in [0.05, 0.1) is 0 Å².